The van der Waals surface area contributed by atoms with E-state index in [1.54, 1.807) is 11.3 Å². The molecule has 0 fully saturated rings. The lowest BCUT2D eigenvalue weighted by molar-refractivity contribution is 0.572. The third kappa shape index (κ3) is 3.48. The van der Waals surface area contributed by atoms with Crippen molar-refractivity contribution in [2.75, 3.05) is 5.32 Å². The van der Waals surface area contributed by atoms with Crippen molar-refractivity contribution < 1.29 is 0 Å². The molecule has 7 heteroatoms. The summed E-state index contributed by atoms with van der Waals surface area (Å²) in [6.07, 6.45) is 5.85. The second-order valence-electron chi connectivity index (χ2n) is 7.32. The summed E-state index contributed by atoms with van der Waals surface area (Å²) in [5.41, 5.74) is 2.35. The van der Waals surface area contributed by atoms with E-state index in [-0.39, 0.29) is 5.41 Å². The first-order chi connectivity index (χ1) is 12.5. The minimum atomic E-state index is 0.0310. The highest BCUT2D eigenvalue weighted by atomic mass is 32.1. The summed E-state index contributed by atoms with van der Waals surface area (Å²) in [7, 11) is 0. The number of hydrogen-bond donors (Lipinski definition) is 1. The van der Waals surface area contributed by atoms with Crippen LogP contribution in [0.1, 0.15) is 37.9 Å². The highest BCUT2D eigenvalue weighted by Crippen LogP contribution is 2.25. The molecule has 0 radical (unpaired) electrons. The molecule has 134 valence electrons. The summed E-state index contributed by atoms with van der Waals surface area (Å²) in [5.74, 6) is 0.983. The number of aromatic nitrogens is 5. The van der Waals surface area contributed by atoms with Gasteiger partial charge in [0.1, 0.15) is 5.82 Å². The van der Waals surface area contributed by atoms with Gasteiger partial charge in [-0.2, -0.15) is 0 Å². The average Bonchev–Trinajstić information content (AvgIpc) is 3.27. The molecular formula is C19H22N6S. The van der Waals surface area contributed by atoms with Gasteiger partial charge in [0.15, 0.2) is 0 Å². The zero-order chi connectivity index (χ0) is 18.1. The lowest BCUT2D eigenvalue weighted by Crippen LogP contribution is -2.11. The van der Waals surface area contributed by atoms with Crippen molar-refractivity contribution in [3.8, 4) is 0 Å². The second kappa shape index (κ2) is 6.57. The summed E-state index contributed by atoms with van der Waals surface area (Å²) in [5, 5.41) is 8.80. The fourth-order valence-electron chi connectivity index (χ4n) is 2.72. The minimum Gasteiger partial charge on any atom is -0.353 e. The van der Waals surface area contributed by atoms with E-state index in [2.05, 4.69) is 70.0 Å². The molecular weight excluding hydrogens is 344 g/mol. The molecule has 0 spiro atoms. The smallest absolute Gasteiger partial charge is 0.214 e. The Labute approximate surface area is 156 Å². The predicted molar refractivity (Wildman–Crippen MR) is 105 cm³/mol. The average molecular weight is 366 g/mol. The highest BCUT2D eigenvalue weighted by Gasteiger charge is 2.19. The van der Waals surface area contributed by atoms with Gasteiger partial charge < -0.3 is 9.88 Å². The molecule has 6 nitrogen and oxygen atoms in total. The molecule has 0 saturated heterocycles. The third-order valence-corrected chi connectivity index (χ3v) is 5.09. The lowest BCUT2D eigenvalue weighted by Gasteiger charge is -2.13. The number of rotatable bonds is 5. The van der Waals surface area contributed by atoms with Gasteiger partial charge in [-0.3, -0.25) is 0 Å². The Morgan fingerprint density at radius 3 is 2.69 bits per heavy atom. The van der Waals surface area contributed by atoms with Gasteiger partial charge in [0.25, 0.3) is 0 Å². The minimum absolute atomic E-state index is 0.0310. The molecule has 3 heterocycles. The van der Waals surface area contributed by atoms with Crippen molar-refractivity contribution in [3.63, 3.8) is 0 Å². The fraction of sp³-hybridized carbons (Fsp3) is 0.316. The Bertz CT molecular complexity index is 974. The molecule has 1 aromatic carbocycles. The molecule has 26 heavy (non-hydrogen) atoms. The third-order valence-electron chi connectivity index (χ3n) is 4.21. The molecule has 4 rings (SSSR count). The Morgan fingerprint density at radius 2 is 1.96 bits per heavy atom. The van der Waals surface area contributed by atoms with E-state index in [0.29, 0.717) is 6.54 Å². The molecule has 1 N–H and O–H groups in total. The van der Waals surface area contributed by atoms with Crippen LogP contribution in [0.4, 0.5) is 5.13 Å². The molecule has 0 unspecified atom stereocenters. The first-order valence-corrected chi connectivity index (χ1v) is 9.45. The number of benzene rings is 1. The molecule has 0 atom stereocenters. The van der Waals surface area contributed by atoms with E-state index in [4.69, 9.17) is 0 Å². The van der Waals surface area contributed by atoms with Gasteiger partial charge in [-0.25, -0.2) is 14.5 Å². The van der Waals surface area contributed by atoms with Crippen molar-refractivity contribution in [1.82, 2.24) is 24.1 Å². The SMILES string of the molecule is CC(C)(C)c1cn2nc(NCc3nccn3Cc3ccccc3)sc2n1. The standard InChI is InChI=1S/C19H22N6S/c1-19(2,3)15-13-25-18(22-15)26-17(23-25)21-11-16-20-9-10-24(16)12-14-7-5-4-6-8-14/h4-10,13H,11-12H2,1-3H3,(H,21,23). The van der Waals surface area contributed by atoms with Crippen LogP contribution < -0.4 is 5.32 Å². The maximum Gasteiger partial charge on any atom is 0.214 e. The summed E-state index contributed by atoms with van der Waals surface area (Å²) in [6.45, 7) is 7.91. The van der Waals surface area contributed by atoms with Gasteiger partial charge in [0, 0.05) is 24.4 Å². The maximum absolute atomic E-state index is 4.68. The number of nitrogens with one attached hydrogen (secondary N) is 1. The monoisotopic (exact) mass is 366 g/mol. The number of hydrogen-bond acceptors (Lipinski definition) is 5. The van der Waals surface area contributed by atoms with E-state index < -0.39 is 0 Å². The Morgan fingerprint density at radius 1 is 1.15 bits per heavy atom. The molecule has 0 aliphatic carbocycles. The van der Waals surface area contributed by atoms with E-state index in [9.17, 15) is 0 Å². The Kier molecular flexibility index (Phi) is 4.24. The summed E-state index contributed by atoms with van der Waals surface area (Å²) in [6, 6.07) is 10.4. The van der Waals surface area contributed by atoms with Crippen molar-refractivity contribution in [2.45, 2.75) is 39.3 Å². The van der Waals surface area contributed by atoms with Crippen LogP contribution in [0.25, 0.3) is 4.96 Å². The number of nitrogens with zero attached hydrogens (tertiary/aromatic N) is 5. The fourth-order valence-corrected chi connectivity index (χ4v) is 3.50. The number of fused-ring (bicyclic) bond motifs is 1. The second-order valence-corrected chi connectivity index (χ2v) is 8.28. The van der Waals surface area contributed by atoms with Crippen molar-refractivity contribution >= 4 is 21.4 Å². The van der Waals surface area contributed by atoms with Gasteiger partial charge in [0.05, 0.1) is 18.4 Å². The Hall–Kier alpha value is -2.67. The zero-order valence-corrected chi connectivity index (χ0v) is 16.0. The van der Waals surface area contributed by atoms with Crippen LogP contribution in [0.5, 0.6) is 0 Å². The molecule has 0 saturated carbocycles. The van der Waals surface area contributed by atoms with Crippen LogP contribution in [0.2, 0.25) is 0 Å². The van der Waals surface area contributed by atoms with Crippen molar-refractivity contribution in [2.24, 2.45) is 0 Å². The van der Waals surface area contributed by atoms with Crippen LogP contribution in [-0.4, -0.2) is 24.1 Å². The van der Waals surface area contributed by atoms with Gasteiger partial charge in [-0.15, -0.1) is 5.10 Å². The lowest BCUT2D eigenvalue weighted by atomic mass is 9.93. The quantitative estimate of drug-likeness (QED) is 0.581. The van der Waals surface area contributed by atoms with E-state index >= 15 is 0 Å². The number of imidazole rings is 2. The normalized spacial score (nSPS) is 12.0. The molecule has 3 aromatic heterocycles. The molecule has 0 bridgehead atoms. The van der Waals surface area contributed by atoms with Gasteiger partial charge in [-0.05, 0) is 5.56 Å². The first kappa shape index (κ1) is 16.8. The molecule has 0 aliphatic heterocycles. The van der Waals surface area contributed by atoms with Crippen molar-refractivity contribution in [1.29, 1.82) is 0 Å². The van der Waals surface area contributed by atoms with Gasteiger partial charge >= 0.3 is 0 Å². The largest absolute Gasteiger partial charge is 0.353 e. The van der Waals surface area contributed by atoms with E-state index in [1.165, 1.54) is 5.56 Å². The maximum atomic E-state index is 4.68. The highest BCUT2D eigenvalue weighted by molar-refractivity contribution is 7.20. The topological polar surface area (TPSA) is 60.0 Å². The van der Waals surface area contributed by atoms with Crippen LogP contribution in [0.15, 0.2) is 48.9 Å². The summed E-state index contributed by atoms with van der Waals surface area (Å²) < 4.78 is 4.00. The van der Waals surface area contributed by atoms with Crippen LogP contribution >= 0.6 is 11.3 Å². The molecule has 0 amide bonds. The van der Waals surface area contributed by atoms with Crippen LogP contribution in [-0.2, 0) is 18.5 Å². The van der Waals surface area contributed by atoms with Gasteiger partial charge in [-0.1, -0.05) is 62.4 Å². The van der Waals surface area contributed by atoms with Crippen molar-refractivity contribution in [3.05, 3.63) is 66.0 Å². The van der Waals surface area contributed by atoms with Crippen LogP contribution in [0.3, 0.4) is 0 Å². The predicted octanol–water partition coefficient (Wildman–Crippen LogP) is 3.95. The number of anilines is 1. The molecule has 0 aliphatic rings. The zero-order valence-electron chi connectivity index (χ0n) is 15.2. The van der Waals surface area contributed by atoms with Gasteiger partial charge in [0.2, 0.25) is 10.1 Å². The summed E-state index contributed by atoms with van der Waals surface area (Å²) in [4.78, 5) is 10.1. The van der Waals surface area contributed by atoms with E-state index in [1.807, 2.05) is 29.2 Å². The van der Waals surface area contributed by atoms with E-state index in [0.717, 1.165) is 28.2 Å². The summed E-state index contributed by atoms with van der Waals surface area (Å²) >= 11 is 1.56. The first-order valence-electron chi connectivity index (χ1n) is 8.63. The molecule has 4 aromatic rings. The Balaban J connectivity index is 1.45. The van der Waals surface area contributed by atoms with Crippen LogP contribution in [0, 0.1) is 0 Å².